The minimum Gasteiger partial charge on any atom is -0.466 e. The van der Waals surface area contributed by atoms with Crippen LogP contribution in [0, 0.1) is 11.8 Å². The number of ether oxygens (including phenoxy) is 1. The number of benzene rings is 1. The summed E-state index contributed by atoms with van der Waals surface area (Å²) in [6, 6.07) is 10.2. The molecule has 0 amide bonds. The van der Waals surface area contributed by atoms with Crippen molar-refractivity contribution in [2.45, 2.75) is 11.3 Å². The fourth-order valence-electron chi connectivity index (χ4n) is 2.60. The molecule has 18 heavy (non-hydrogen) atoms. The Hall–Kier alpha value is -1.48. The van der Waals surface area contributed by atoms with E-state index in [0.29, 0.717) is 5.92 Å². The van der Waals surface area contributed by atoms with Gasteiger partial charge in [-0.15, -0.1) is 0 Å². The lowest BCUT2D eigenvalue weighted by atomic mass is 10.0. The maximum Gasteiger partial charge on any atom is 0.335 e. The Morgan fingerprint density at radius 1 is 1.22 bits per heavy atom. The van der Waals surface area contributed by atoms with Crippen LogP contribution in [0.4, 0.5) is 0 Å². The summed E-state index contributed by atoms with van der Waals surface area (Å²) < 4.78 is 4.91. The van der Waals surface area contributed by atoms with E-state index < -0.39 is 0 Å². The molecule has 2 atom stereocenters. The molecular formula is C15H14O2S. The molecule has 0 spiro atoms. The maximum atomic E-state index is 11.9. The number of carbonyl (C=O) groups is 1. The predicted octanol–water partition coefficient (Wildman–Crippen LogP) is 3.41. The molecule has 3 heteroatoms. The van der Waals surface area contributed by atoms with Crippen LogP contribution in [0.2, 0.25) is 0 Å². The van der Waals surface area contributed by atoms with Gasteiger partial charge in [-0.2, -0.15) is 0 Å². The van der Waals surface area contributed by atoms with Gasteiger partial charge in [-0.3, -0.25) is 0 Å². The zero-order valence-corrected chi connectivity index (χ0v) is 10.9. The average molecular weight is 258 g/mol. The van der Waals surface area contributed by atoms with E-state index in [1.807, 2.05) is 18.2 Å². The molecule has 2 nitrogen and oxygen atoms in total. The molecule has 2 unspecified atom stereocenters. The second kappa shape index (κ2) is 4.65. The largest absolute Gasteiger partial charge is 0.466 e. The second-order valence-electron chi connectivity index (χ2n) is 4.52. The first-order valence-electron chi connectivity index (χ1n) is 6.03. The summed E-state index contributed by atoms with van der Waals surface area (Å²) in [6.07, 6.45) is 5.37. The van der Waals surface area contributed by atoms with Crippen molar-refractivity contribution in [1.29, 1.82) is 0 Å². The summed E-state index contributed by atoms with van der Waals surface area (Å²) >= 11 is 1.69. The maximum absolute atomic E-state index is 11.9. The van der Waals surface area contributed by atoms with Crippen molar-refractivity contribution in [2.24, 2.45) is 11.8 Å². The molecule has 0 fully saturated rings. The first-order valence-corrected chi connectivity index (χ1v) is 6.85. The Balaban J connectivity index is 1.93. The molecule has 0 aliphatic heterocycles. The molecule has 2 aliphatic carbocycles. The van der Waals surface area contributed by atoms with E-state index in [4.69, 9.17) is 4.74 Å². The Bertz CT molecular complexity index is 531. The van der Waals surface area contributed by atoms with E-state index in [-0.39, 0.29) is 11.9 Å². The van der Waals surface area contributed by atoms with Crippen LogP contribution < -0.4 is 0 Å². The van der Waals surface area contributed by atoms with E-state index in [2.05, 4.69) is 24.3 Å². The number of esters is 1. The minimum absolute atomic E-state index is 0.176. The molecule has 0 aromatic heterocycles. The number of hydrogen-bond donors (Lipinski definition) is 0. The lowest BCUT2D eigenvalue weighted by Gasteiger charge is -2.14. The second-order valence-corrected chi connectivity index (χ2v) is 5.63. The summed E-state index contributed by atoms with van der Waals surface area (Å²) in [7, 11) is 1.45. The summed E-state index contributed by atoms with van der Waals surface area (Å²) in [6.45, 7) is 0. The van der Waals surface area contributed by atoms with Crippen molar-refractivity contribution >= 4 is 17.7 Å². The molecule has 2 aliphatic rings. The van der Waals surface area contributed by atoms with Gasteiger partial charge in [0.15, 0.2) is 0 Å². The van der Waals surface area contributed by atoms with E-state index in [1.54, 1.807) is 11.8 Å². The number of thioether (sulfide) groups is 1. The Kier molecular flexibility index (Phi) is 3.00. The van der Waals surface area contributed by atoms with Crippen LogP contribution in [0.25, 0.3) is 0 Å². The van der Waals surface area contributed by atoms with Gasteiger partial charge in [0.2, 0.25) is 0 Å². The Labute approximate surface area is 111 Å². The fraction of sp³-hybridized carbons (Fsp3) is 0.267. The normalized spacial score (nSPS) is 24.7. The van der Waals surface area contributed by atoms with Crippen molar-refractivity contribution in [3.63, 3.8) is 0 Å². The van der Waals surface area contributed by atoms with Gasteiger partial charge < -0.3 is 4.74 Å². The molecule has 0 saturated heterocycles. The molecule has 1 aromatic rings. The third kappa shape index (κ3) is 1.89. The third-order valence-corrected chi connectivity index (χ3v) is 4.68. The smallest absolute Gasteiger partial charge is 0.335 e. The molecule has 0 N–H and O–H groups in total. The van der Waals surface area contributed by atoms with Crippen molar-refractivity contribution in [3.05, 3.63) is 53.0 Å². The molecule has 1 aromatic carbocycles. The Morgan fingerprint density at radius 2 is 1.94 bits per heavy atom. The highest BCUT2D eigenvalue weighted by Gasteiger charge is 2.39. The lowest BCUT2D eigenvalue weighted by Crippen LogP contribution is -2.11. The number of rotatable bonds is 3. The van der Waals surface area contributed by atoms with E-state index in [1.165, 1.54) is 16.9 Å². The van der Waals surface area contributed by atoms with Gasteiger partial charge >= 0.3 is 5.97 Å². The number of methoxy groups -OCH3 is 1. The van der Waals surface area contributed by atoms with Gasteiger partial charge in [-0.05, 0) is 18.6 Å². The van der Waals surface area contributed by atoms with Gasteiger partial charge in [0.05, 0.1) is 12.7 Å². The van der Waals surface area contributed by atoms with Crippen LogP contribution in [0.5, 0.6) is 0 Å². The zero-order valence-electron chi connectivity index (χ0n) is 10.1. The Morgan fingerprint density at radius 3 is 2.67 bits per heavy atom. The summed E-state index contributed by atoms with van der Waals surface area (Å²) in [5.74, 6) is 0.480. The third-order valence-electron chi connectivity index (χ3n) is 3.43. The van der Waals surface area contributed by atoms with Crippen LogP contribution in [0.15, 0.2) is 57.9 Å². The minimum atomic E-state index is -0.176. The van der Waals surface area contributed by atoms with Crippen LogP contribution >= 0.6 is 11.8 Å². The fourth-order valence-corrected chi connectivity index (χ4v) is 3.82. The lowest BCUT2D eigenvalue weighted by molar-refractivity contribution is -0.136. The van der Waals surface area contributed by atoms with Crippen molar-refractivity contribution in [2.75, 3.05) is 7.11 Å². The highest BCUT2D eigenvalue weighted by atomic mass is 32.2. The van der Waals surface area contributed by atoms with Gasteiger partial charge in [0.25, 0.3) is 0 Å². The van der Waals surface area contributed by atoms with Crippen LogP contribution in [0.1, 0.15) is 6.42 Å². The van der Waals surface area contributed by atoms with Crippen LogP contribution in [-0.2, 0) is 9.53 Å². The summed E-state index contributed by atoms with van der Waals surface area (Å²) in [4.78, 5) is 14.2. The molecule has 0 heterocycles. The number of carbonyl (C=O) groups excluding carboxylic acids is 1. The molecule has 92 valence electrons. The van der Waals surface area contributed by atoms with E-state index in [9.17, 15) is 4.79 Å². The zero-order chi connectivity index (χ0) is 12.5. The number of fused-ring (bicyclic) bond motifs is 2. The van der Waals surface area contributed by atoms with E-state index >= 15 is 0 Å². The number of hydrogen-bond acceptors (Lipinski definition) is 3. The SMILES string of the molecule is COC(=O)C1=C(Sc2ccccc2)C2C=CC1C2. The monoisotopic (exact) mass is 258 g/mol. The molecule has 0 radical (unpaired) electrons. The van der Waals surface area contributed by atoms with Gasteiger partial charge in [0.1, 0.15) is 0 Å². The summed E-state index contributed by atoms with van der Waals surface area (Å²) in [5.41, 5.74) is 0.860. The molecule has 0 saturated carbocycles. The molecule has 3 rings (SSSR count). The predicted molar refractivity (Wildman–Crippen MR) is 72.1 cm³/mol. The van der Waals surface area contributed by atoms with Gasteiger partial charge in [-0.25, -0.2) is 4.79 Å². The molecule has 2 bridgehead atoms. The highest BCUT2D eigenvalue weighted by molar-refractivity contribution is 8.03. The van der Waals surface area contributed by atoms with Crippen LogP contribution in [0.3, 0.4) is 0 Å². The van der Waals surface area contributed by atoms with Gasteiger partial charge in [0, 0.05) is 21.6 Å². The quantitative estimate of drug-likeness (QED) is 0.614. The van der Waals surface area contributed by atoms with Crippen molar-refractivity contribution in [1.82, 2.24) is 0 Å². The van der Waals surface area contributed by atoms with Gasteiger partial charge in [-0.1, -0.05) is 42.1 Å². The van der Waals surface area contributed by atoms with E-state index in [0.717, 1.165) is 12.0 Å². The molecular weight excluding hydrogens is 244 g/mol. The standard InChI is InChI=1S/C15H14O2S/c1-17-15(16)13-10-7-8-11(9-10)14(13)18-12-5-3-2-4-6-12/h2-8,10-11H,9H2,1H3. The first kappa shape index (κ1) is 11.6. The topological polar surface area (TPSA) is 26.3 Å². The highest BCUT2D eigenvalue weighted by Crippen LogP contribution is 2.50. The van der Waals surface area contributed by atoms with Crippen molar-refractivity contribution < 1.29 is 9.53 Å². The summed E-state index contributed by atoms with van der Waals surface area (Å²) in [5, 5.41) is 0. The number of allylic oxidation sites excluding steroid dienone is 3. The first-order chi connectivity index (χ1) is 8.79. The average Bonchev–Trinajstić information content (AvgIpc) is 3.00. The van der Waals surface area contributed by atoms with Crippen LogP contribution in [-0.4, -0.2) is 13.1 Å². The van der Waals surface area contributed by atoms with Crippen molar-refractivity contribution in [3.8, 4) is 0 Å².